The van der Waals surface area contributed by atoms with E-state index in [0.717, 1.165) is 11.3 Å². The Morgan fingerprint density at radius 3 is 2.39 bits per heavy atom. The fourth-order valence-electron chi connectivity index (χ4n) is 2.15. The summed E-state index contributed by atoms with van der Waals surface area (Å²) in [5.41, 5.74) is 15.3. The fraction of sp³-hybridized carbons (Fsp3) is 0.385. The molecule has 0 amide bonds. The van der Waals surface area contributed by atoms with Crippen LogP contribution < -0.4 is 11.5 Å². The minimum absolute atomic E-state index is 0. The smallest absolute Gasteiger partial charge is 0.211 e. The SMILES string of the molecule is C/C(=N\N=C(N)N)c1ccc2c(c1)CCCC2.Cl. The number of nitrogens with two attached hydrogens (primary N) is 2. The van der Waals surface area contributed by atoms with Crippen LogP contribution in [0.4, 0.5) is 0 Å². The molecule has 0 unspecified atom stereocenters. The highest BCUT2D eigenvalue weighted by molar-refractivity contribution is 5.99. The molecule has 0 bridgehead atoms. The van der Waals surface area contributed by atoms with Crippen LogP contribution in [0.1, 0.15) is 36.5 Å². The van der Waals surface area contributed by atoms with Crippen LogP contribution >= 0.6 is 12.4 Å². The van der Waals surface area contributed by atoms with Crippen molar-refractivity contribution in [3.05, 3.63) is 34.9 Å². The third kappa shape index (κ3) is 3.47. The monoisotopic (exact) mass is 266 g/mol. The normalized spacial score (nSPS) is 14.4. The van der Waals surface area contributed by atoms with Crippen molar-refractivity contribution >= 4 is 24.1 Å². The Morgan fingerprint density at radius 2 is 1.72 bits per heavy atom. The number of nitrogens with zero attached hydrogens (tertiary/aromatic N) is 2. The average molecular weight is 267 g/mol. The van der Waals surface area contributed by atoms with Crippen LogP contribution in [-0.2, 0) is 12.8 Å². The standard InChI is InChI=1S/C13H18N4.ClH/c1-9(16-17-13(14)15)11-7-6-10-4-2-3-5-12(10)8-11;/h6-8H,2-5H2,1H3,(H4,14,15,17);1H/b16-9+;. The van der Waals surface area contributed by atoms with Crippen molar-refractivity contribution in [2.45, 2.75) is 32.6 Å². The molecule has 2 rings (SSSR count). The van der Waals surface area contributed by atoms with Crippen molar-refractivity contribution in [2.75, 3.05) is 0 Å². The number of hydrogen-bond donors (Lipinski definition) is 2. The van der Waals surface area contributed by atoms with E-state index in [-0.39, 0.29) is 18.4 Å². The van der Waals surface area contributed by atoms with Crippen LogP contribution in [0.2, 0.25) is 0 Å². The molecule has 4 N–H and O–H groups in total. The van der Waals surface area contributed by atoms with Crippen molar-refractivity contribution in [2.24, 2.45) is 21.7 Å². The van der Waals surface area contributed by atoms with E-state index >= 15 is 0 Å². The summed E-state index contributed by atoms with van der Waals surface area (Å²) >= 11 is 0. The Kier molecular flexibility index (Phi) is 5.16. The van der Waals surface area contributed by atoms with E-state index in [9.17, 15) is 0 Å². The van der Waals surface area contributed by atoms with Gasteiger partial charge in [0.15, 0.2) is 0 Å². The minimum Gasteiger partial charge on any atom is -0.369 e. The number of hydrogen-bond acceptors (Lipinski definition) is 2. The van der Waals surface area contributed by atoms with Crippen molar-refractivity contribution in [3.8, 4) is 0 Å². The topological polar surface area (TPSA) is 76.8 Å². The van der Waals surface area contributed by atoms with Gasteiger partial charge in [-0.3, -0.25) is 0 Å². The zero-order valence-corrected chi connectivity index (χ0v) is 11.3. The first kappa shape index (κ1) is 14.5. The van der Waals surface area contributed by atoms with Crippen LogP contribution in [0.25, 0.3) is 0 Å². The van der Waals surface area contributed by atoms with Crippen LogP contribution in [-0.4, -0.2) is 11.7 Å². The lowest BCUT2D eigenvalue weighted by atomic mass is 9.90. The molecule has 0 radical (unpaired) electrons. The predicted molar refractivity (Wildman–Crippen MR) is 78.4 cm³/mol. The predicted octanol–water partition coefficient (Wildman–Crippen LogP) is 1.98. The Hall–Kier alpha value is -1.55. The maximum atomic E-state index is 5.25. The van der Waals surface area contributed by atoms with E-state index in [1.54, 1.807) is 0 Å². The number of guanidine groups is 1. The molecule has 0 aromatic heterocycles. The number of benzene rings is 1. The average Bonchev–Trinajstić information content (AvgIpc) is 2.35. The molecule has 0 aliphatic heterocycles. The summed E-state index contributed by atoms with van der Waals surface area (Å²) in [6.45, 7) is 1.91. The molecule has 4 nitrogen and oxygen atoms in total. The van der Waals surface area contributed by atoms with Crippen molar-refractivity contribution in [1.29, 1.82) is 0 Å². The summed E-state index contributed by atoms with van der Waals surface area (Å²) < 4.78 is 0. The summed E-state index contributed by atoms with van der Waals surface area (Å²) in [7, 11) is 0. The van der Waals surface area contributed by atoms with Gasteiger partial charge in [-0.2, -0.15) is 5.10 Å². The highest BCUT2D eigenvalue weighted by Crippen LogP contribution is 2.22. The summed E-state index contributed by atoms with van der Waals surface area (Å²) in [5, 5.41) is 7.67. The molecule has 0 saturated carbocycles. The second-order valence-corrected chi connectivity index (χ2v) is 4.40. The zero-order valence-electron chi connectivity index (χ0n) is 10.5. The van der Waals surface area contributed by atoms with Crippen molar-refractivity contribution < 1.29 is 0 Å². The first-order valence-corrected chi connectivity index (χ1v) is 5.92. The zero-order chi connectivity index (χ0) is 12.3. The van der Waals surface area contributed by atoms with Gasteiger partial charge in [0.2, 0.25) is 5.96 Å². The van der Waals surface area contributed by atoms with Crippen LogP contribution in [0, 0.1) is 0 Å². The molecule has 0 spiro atoms. The van der Waals surface area contributed by atoms with Crippen LogP contribution in [0.15, 0.2) is 28.4 Å². The Labute approximate surface area is 114 Å². The maximum absolute atomic E-state index is 5.25. The number of rotatable bonds is 2. The van der Waals surface area contributed by atoms with Gasteiger partial charge in [0.1, 0.15) is 0 Å². The van der Waals surface area contributed by atoms with Gasteiger partial charge in [0.25, 0.3) is 0 Å². The molecule has 98 valence electrons. The van der Waals surface area contributed by atoms with Gasteiger partial charge in [-0.05, 0) is 55.4 Å². The molecule has 1 aromatic rings. The molecule has 0 heterocycles. The molecule has 0 saturated heterocycles. The Bertz CT molecular complexity index is 476. The second-order valence-electron chi connectivity index (χ2n) is 4.40. The summed E-state index contributed by atoms with van der Waals surface area (Å²) in [5.74, 6) is -0.0117. The molecule has 18 heavy (non-hydrogen) atoms. The lowest BCUT2D eigenvalue weighted by molar-refractivity contribution is 0.685. The van der Waals surface area contributed by atoms with Gasteiger partial charge in [-0.1, -0.05) is 12.1 Å². The number of fused-ring (bicyclic) bond motifs is 1. The van der Waals surface area contributed by atoms with E-state index in [2.05, 4.69) is 28.4 Å². The van der Waals surface area contributed by atoms with Gasteiger partial charge in [0.05, 0.1) is 5.71 Å². The molecule has 5 heteroatoms. The lowest BCUT2D eigenvalue weighted by Gasteiger charge is -2.16. The maximum Gasteiger partial charge on any atom is 0.211 e. The first-order chi connectivity index (χ1) is 8.16. The number of aryl methyl sites for hydroxylation is 2. The van der Waals surface area contributed by atoms with Gasteiger partial charge >= 0.3 is 0 Å². The molecular weight excluding hydrogens is 248 g/mol. The van der Waals surface area contributed by atoms with Crippen molar-refractivity contribution in [3.63, 3.8) is 0 Å². The third-order valence-corrected chi connectivity index (χ3v) is 3.08. The highest BCUT2D eigenvalue weighted by Gasteiger charge is 2.10. The molecule has 1 aliphatic carbocycles. The largest absolute Gasteiger partial charge is 0.369 e. The van der Waals surface area contributed by atoms with Gasteiger partial charge in [-0.25, -0.2) is 0 Å². The Morgan fingerprint density at radius 1 is 1.06 bits per heavy atom. The van der Waals surface area contributed by atoms with E-state index in [1.807, 2.05) is 6.92 Å². The lowest BCUT2D eigenvalue weighted by Crippen LogP contribution is -2.22. The third-order valence-electron chi connectivity index (χ3n) is 3.08. The Balaban J connectivity index is 0.00000162. The summed E-state index contributed by atoms with van der Waals surface area (Å²) in [6, 6.07) is 6.49. The van der Waals surface area contributed by atoms with E-state index < -0.39 is 0 Å². The number of halogens is 1. The first-order valence-electron chi connectivity index (χ1n) is 5.92. The van der Waals surface area contributed by atoms with E-state index in [4.69, 9.17) is 11.5 Å². The molecular formula is C13H19ClN4. The minimum atomic E-state index is -0.0117. The molecule has 1 aromatic carbocycles. The second kappa shape index (κ2) is 6.40. The molecule has 0 fully saturated rings. The van der Waals surface area contributed by atoms with Crippen LogP contribution in [0.3, 0.4) is 0 Å². The highest BCUT2D eigenvalue weighted by atomic mass is 35.5. The fourth-order valence-corrected chi connectivity index (χ4v) is 2.15. The summed E-state index contributed by atoms with van der Waals surface area (Å²) in [4.78, 5) is 0. The van der Waals surface area contributed by atoms with Gasteiger partial charge in [0, 0.05) is 0 Å². The van der Waals surface area contributed by atoms with Crippen molar-refractivity contribution in [1.82, 2.24) is 0 Å². The van der Waals surface area contributed by atoms with Crippen LogP contribution in [0.5, 0.6) is 0 Å². The van der Waals surface area contributed by atoms with E-state index in [0.29, 0.717) is 0 Å². The van der Waals surface area contributed by atoms with Gasteiger partial charge in [-0.15, -0.1) is 17.5 Å². The van der Waals surface area contributed by atoms with Gasteiger partial charge < -0.3 is 11.5 Å². The van der Waals surface area contributed by atoms with E-state index in [1.165, 1.54) is 36.8 Å². The summed E-state index contributed by atoms with van der Waals surface area (Å²) in [6.07, 6.45) is 4.94. The molecule has 0 atom stereocenters. The quantitative estimate of drug-likeness (QED) is 0.488. The molecule has 1 aliphatic rings.